The van der Waals surface area contributed by atoms with Gasteiger partial charge >= 0.3 is 0 Å². The lowest BCUT2D eigenvalue weighted by Crippen LogP contribution is -2.48. The fourth-order valence-corrected chi connectivity index (χ4v) is 10.7. The SMILES string of the molecule is CC[N+](CC)(CC)CCCOC1=CC(=[N+](c2ccc3ccccc3c2)c2ccc3ccccc3c2)C=C/C1=C1\C(=O)C(c2c(O)cc(N(c3ccc4ccccc4c3)c3ccc4ccccc4c3)cc2O)=C1[O-]. The minimum Gasteiger partial charge on any atom is -0.871 e. The lowest BCUT2D eigenvalue weighted by atomic mass is 9.79. The summed E-state index contributed by atoms with van der Waals surface area (Å²) in [7, 11) is 0. The minimum atomic E-state index is -0.582. The molecular weight excluding hydrogens is 903 g/mol. The number of carbonyl (C=O) groups excluding carboxylic acids is 1. The van der Waals surface area contributed by atoms with Gasteiger partial charge in [-0.1, -0.05) is 115 Å². The van der Waals surface area contributed by atoms with E-state index >= 15 is 0 Å². The molecule has 9 aromatic rings. The number of rotatable bonds is 14. The van der Waals surface area contributed by atoms with Gasteiger partial charge in [-0.3, -0.25) is 4.79 Å². The van der Waals surface area contributed by atoms with Crippen LogP contribution in [0, 0.1) is 0 Å². The number of hydrogen-bond acceptors (Lipinski definition) is 6. The summed E-state index contributed by atoms with van der Waals surface area (Å²) in [6.07, 6.45) is 6.39. The molecule has 0 radical (unpaired) electrons. The van der Waals surface area contributed by atoms with Gasteiger partial charge in [-0.05, 0) is 106 Å². The molecule has 0 amide bonds. The Morgan fingerprint density at radius 3 is 1.45 bits per heavy atom. The molecule has 8 nitrogen and oxygen atoms in total. The van der Waals surface area contributed by atoms with Crippen molar-refractivity contribution in [3.8, 4) is 11.5 Å². The highest BCUT2D eigenvalue weighted by atomic mass is 16.5. The summed E-state index contributed by atoms with van der Waals surface area (Å²) in [5, 5.41) is 47.0. The summed E-state index contributed by atoms with van der Waals surface area (Å²) in [4.78, 5) is 16.6. The smallest absolute Gasteiger partial charge is 0.215 e. The number of phenols is 2. The first kappa shape index (κ1) is 46.7. The van der Waals surface area contributed by atoms with E-state index in [1.165, 1.54) is 12.1 Å². The number of quaternary nitrogens is 1. The second kappa shape index (κ2) is 19.5. The third kappa shape index (κ3) is 8.70. The molecule has 11 rings (SSSR count). The maximum absolute atomic E-state index is 14.6. The molecule has 0 saturated heterocycles. The van der Waals surface area contributed by atoms with E-state index < -0.39 is 23.0 Å². The van der Waals surface area contributed by atoms with Crippen LogP contribution in [0.4, 0.5) is 28.4 Å². The summed E-state index contributed by atoms with van der Waals surface area (Å²) in [6, 6.07) is 60.6. The van der Waals surface area contributed by atoms with Crippen molar-refractivity contribution < 1.29 is 29.3 Å². The summed E-state index contributed by atoms with van der Waals surface area (Å²) in [6.45, 7) is 11.0. The second-order valence-electron chi connectivity index (χ2n) is 19.0. The highest BCUT2D eigenvalue weighted by Crippen LogP contribution is 2.49. The summed E-state index contributed by atoms with van der Waals surface area (Å²) in [5.41, 5.74) is 4.48. The van der Waals surface area contributed by atoms with Crippen molar-refractivity contribution in [2.24, 2.45) is 0 Å². The fraction of sp³-hybridized carbons (Fsp3) is 0.138. The Morgan fingerprint density at radius 2 is 0.986 bits per heavy atom. The Bertz CT molecular complexity index is 3640. The molecule has 0 unspecified atom stereocenters. The van der Waals surface area contributed by atoms with Gasteiger partial charge < -0.3 is 29.4 Å². The van der Waals surface area contributed by atoms with Crippen LogP contribution in [-0.4, -0.2) is 59.0 Å². The standard InChI is InChI=1S/C65H55N3O5/c1-4-68(5-2,6-3)34-15-35-73-60-42-55(66(51-28-24-43-16-7-11-20-47(43)36-51)52-29-25-44-17-8-12-21-48(44)37-52)32-33-57(60)61-64(71)63(65(61)72)62-58(69)40-56(41-59(62)70)67(53-30-26-45-18-9-13-22-49(45)38-53)54-31-27-46-19-10-14-23-50(46)39-54/h7-14,16-33,36-42H,4-6,15,34-35H2,1-3H3,(H-,69,70,71,72)/p+1. The largest absolute Gasteiger partial charge is 0.871 e. The first-order chi connectivity index (χ1) is 35.7. The molecule has 0 aromatic heterocycles. The number of ether oxygens (including phenoxy) is 1. The lowest BCUT2D eigenvalue weighted by molar-refractivity contribution is -0.923. The number of nitrogens with zero attached hydrogens (tertiary/aromatic N) is 3. The van der Waals surface area contributed by atoms with E-state index in [0.29, 0.717) is 23.6 Å². The molecule has 73 heavy (non-hydrogen) atoms. The molecule has 2 aliphatic carbocycles. The van der Waals surface area contributed by atoms with E-state index in [4.69, 9.17) is 4.74 Å². The Kier molecular flexibility index (Phi) is 12.4. The van der Waals surface area contributed by atoms with Crippen molar-refractivity contribution in [3.05, 3.63) is 228 Å². The topological polar surface area (TPSA) is 96.1 Å². The van der Waals surface area contributed by atoms with Crippen molar-refractivity contribution >= 4 is 88.6 Å². The van der Waals surface area contributed by atoms with Crippen molar-refractivity contribution in [2.45, 2.75) is 27.2 Å². The quantitative estimate of drug-likeness (QED) is 0.0488. The van der Waals surface area contributed by atoms with Crippen LogP contribution in [0.15, 0.2) is 223 Å². The van der Waals surface area contributed by atoms with Crippen LogP contribution in [0.1, 0.15) is 32.8 Å². The van der Waals surface area contributed by atoms with Crippen LogP contribution in [0.5, 0.6) is 11.5 Å². The maximum atomic E-state index is 14.6. The number of ketones is 1. The van der Waals surface area contributed by atoms with Gasteiger partial charge in [0.15, 0.2) is 5.78 Å². The fourth-order valence-electron chi connectivity index (χ4n) is 10.7. The Labute approximate surface area is 425 Å². The van der Waals surface area contributed by atoms with E-state index in [9.17, 15) is 20.1 Å². The van der Waals surface area contributed by atoms with Crippen LogP contribution in [0.25, 0.3) is 48.7 Å². The predicted molar refractivity (Wildman–Crippen MR) is 297 cm³/mol. The van der Waals surface area contributed by atoms with Crippen LogP contribution in [-0.2, 0) is 9.53 Å². The van der Waals surface area contributed by atoms with Crippen LogP contribution < -0.4 is 14.6 Å². The second-order valence-corrected chi connectivity index (χ2v) is 19.0. The highest BCUT2D eigenvalue weighted by Gasteiger charge is 2.37. The molecule has 0 spiro atoms. The zero-order valence-corrected chi connectivity index (χ0v) is 41.3. The number of phenolic OH excluding ortho intramolecular Hbond substituents is 2. The number of anilines is 3. The molecule has 0 aliphatic heterocycles. The number of fused-ring (bicyclic) bond motifs is 4. The zero-order chi connectivity index (χ0) is 50.2. The monoisotopic (exact) mass is 958 g/mol. The third-order valence-electron chi connectivity index (χ3n) is 15.0. The number of allylic oxidation sites excluding steroid dienone is 5. The predicted octanol–water partition coefficient (Wildman–Crippen LogP) is 13.8. The minimum absolute atomic E-state index is 0.0582. The van der Waals surface area contributed by atoms with Gasteiger partial charge in [0.2, 0.25) is 17.1 Å². The molecule has 360 valence electrons. The molecule has 2 aliphatic rings. The zero-order valence-electron chi connectivity index (χ0n) is 41.3. The van der Waals surface area contributed by atoms with Crippen molar-refractivity contribution in [3.63, 3.8) is 0 Å². The Hall–Kier alpha value is -8.72. The first-order valence-corrected chi connectivity index (χ1v) is 25.2. The average molecular weight is 959 g/mol. The number of benzene rings is 9. The summed E-state index contributed by atoms with van der Waals surface area (Å²) in [5.74, 6) is -1.56. The molecule has 2 N–H and O–H groups in total. The molecular formula is C65H56N3O5+. The lowest BCUT2D eigenvalue weighted by Gasteiger charge is -2.36. The molecule has 0 fully saturated rings. The summed E-state index contributed by atoms with van der Waals surface area (Å²) >= 11 is 0. The van der Waals surface area contributed by atoms with E-state index in [2.05, 4.69) is 98.1 Å². The van der Waals surface area contributed by atoms with E-state index in [1.807, 2.05) is 114 Å². The van der Waals surface area contributed by atoms with Crippen molar-refractivity contribution in [1.29, 1.82) is 0 Å². The van der Waals surface area contributed by atoms with Crippen LogP contribution in [0.3, 0.4) is 0 Å². The first-order valence-electron chi connectivity index (χ1n) is 25.2. The number of Topliss-reactive ketones (excluding diaryl/α,β-unsaturated/α-hetero) is 1. The number of carbonyl (C=O) groups is 1. The van der Waals surface area contributed by atoms with Crippen molar-refractivity contribution in [1.82, 2.24) is 4.58 Å². The molecule has 0 atom stereocenters. The maximum Gasteiger partial charge on any atom is 0.215 e. The van der Waals surface area contributed by atoms with Crippen molar-refractivity contribution in [2.75, 3.05) is 37.7 Å². The molecule has 0 heterocycles. The third-order valence-corrected chi connectivity index (χ3v) is 15.0. The number of hydrogen-bond donors (Lipinski definition) is 2. The van der Waals surface area contributed by atoms with Gasteiger partial charge in [0.1, 0.15) is 17.3 Å². The Balaban J connectivity index is 1.02. The van der Waals surface area contributed by atoms with Gasteiger partial charge in [0.05, 0.1) is 50.1 Å². The van der Waals surface area contributed by atoms with E-state index in [1.54, 1.807) is 6.08 Å². The average Bonchev–Trinajstić information content (AvgIpc) is 3.42. The highest BCUT2D eigenvalue weighted by molar-refractivity contribution is 6.40. The van der Waals surface area contributed by atoms with E-state index in [-0.39, 0.29) is 16.7 Å². The Morgan fingerprint density at radius 1 is 0.534 bits per heavy atom. The number of aromatic hydroxyl groups is 2. The van der Waals surface area contributed by atoms with Gasteiger partial charge in [-0.2, -0.15) is 4.58 Å². The van der Waals surface area contributed by atoms with Gasteiger partial charge in [0, 0.05) is 77.0 Å². The van der Waals surface area contributed by atoms with Gasteiger partial charge in [-0.15, -0.1) is 0 Å². The molecule has 0 bridgehead atoms. The van der Waals surface area contributed by atoms with E-state index in [0.717, 1.165) is 109 Å². The van der Waals surface area contributed by atoms with Crippen LogP contribution >= 0.6 is 0 Å². The molecule has 9 aromatic carbocycles. The molecule has 8 heteroatoms. The molecule has 0 saturated carbocycles. The van der Waals surface area contributed by atoms with Gasteiger partial charge in [-0.25, -0.2) is 0 Å². The summed E-state index contributed by atoms with van der Waals surface area (Å²) < 4.78 is 9.84. The normalized spacial score (nSPS) is 14.8. The van der Waals surface area contributed by atoms with Gasteiger partial charge in [0.25, 0.3) is 0 Å². The van der Waals surface area contributed by atoms with Crippen LogP contribution in [0.2, 0.25) is 0 Å².